The Hall–Kier alpha value is -2.59. The molecule has 0 aromatic heterocycles. The van der Waals surface area contributed by atoms with Gasteiger partial charge in [0.05, 0.1) is 5.69 Å². The van der Waals surface area contributed by atoms with E-state index in [4.69, 9.17) is 4.74 Å². The van der Waals surface area contributed by atoms with Gasteiger partial charge in [0.25, 0.3) is 5.91 Å². The summed E-state index contributed by atoms with van der Waals surface area (Å²) < 4.78 is 6.60. The monoisotopic (exact) mass is 395 g/mol. The first kappa shape index (κ1) is 17.2. The van der Waals surface area contributed by atoms with Crippen molar-refractivity contribution in [3.8, 4) is 5.75 Å². The Labute approximate surface area is 155 Å². The van der Waals surface area contributed by atoms with E-state index in [-0.39, 0.29) is 12.5 Å². The molecule has 0 fully saturated rings. The van der Waals surface area contributed by atoms with Gasteiger partial charge in [0.15, 0.2) is 6.61 Å². The Morgan fingerprint density at radius 1 is 0.880 bits per heavy atom. The van der Waals surface area contributed by atoms with E-state index in [9.17, 15) is 4.79 Å². The number of para-hydroxylation sites is 2. The third-order valence-electron chi connectivity index (χ3n) is 3.72. The van der Waals surface area contributed by atoms with Crippen LogP contribution in [0.5, 0.6) is 5.75 Å². The first-order valence-corrected chi connectivity index (χ1v) is 8.80. The van der Waals surface area contributed by atoms with Crippen LogP contribution in [0.2, 0.25) is 0 Å². The molecule has 0 radical (unpaired) electrons. The summed E-state index contributed by atoms with van der Waals surface area (Å²) in [5.74, 6) is 0.537. The number of amides is 1. The van der Waals surface area contributed by atoms with Crippen LogP contribution in [0.3, 0.4) is 0 Å². The van der Waals surface area contributed by atoms with Crippen LogP contribution in [-0.2, 0) is 11.2 Å². The van der Waals surface area contributed by atoms with Gasteiger partial charge in [-0.15, -0.1) is 0 Å². The molecule has 0 unspecified atom stereocenters. The second-order valence-electron chi connectivity index (χ2n) is 5.59. The van der Waals surface area contributed by atoms with Crippen molar-refractivity contribution in [3.05, 3.63) is 94.5 Å². The van der Waals surface area contributed by atoms with Gasteiger partial charge in [0, 0.05) is 10.9 Å². The van der Waals surface area contributed by atoms with Crippen molar-refractivity contribution in [1.29, 1.82) is 0 Å². The molecular formula is C21H18BrNO2. The molecule has 0 heterocycles. The average Bonchev–Trinajstić information content (AvgIpc) is 2.64. The van der Waals surface area contributed by atoms with Crippen LogP contribution in [0.1, 0.15) is 11.1 Å². The molecule has 0 aliphatic rings. The fourth-order valence-corrected chi connectivity index (χ4v) is 2.88. The van der Waals surface area contributed by atoms with E-state index >= 15 is 0 Å². The fraction of sp³-hybridized carbons (Fsp3) is 0.0952. The molecule has 0 aliphatic heterocycles. The van der Waals surface area contributed by atoms with Crippen LogP contribution in [0.25, 0.3) is 0 Å². The minimum atomic E-state index is -0.193. The highest BCUT2D eigenvalue weighted by atomic mass is 79.9. The second kappa shape index (κ2) is 8.49. The number of carbonyl (C=O) groups excluding carboxylic acids is 1. The van der Waals surface area contributed by atoms with Gasteiger partial charge in [0.2, 0.25) is 0 Å². The summed E-state index contributed by atoms with van der Waals surface area (Å²) in [5, 5.41) is 2.84. The highest BCUT2D eigenvalue weighted by Gasteiger charge is 2.09. The quantitative estimate of drug-likeness (QED) is 0.633. The number of nitrogens with one attached hydrogen (secondary N) is 1. The highest BCUT2D eigenvalue weighted by Crippen LogP contribution is 2.23. The summed E-state index contributed by atoms with van der Waals surface area (Å²) in [6, 6.07) is 25.5. The largest absolute Gasteiger partial charge is 0.483 e. The predicted molar refractivity (Wildman–Crippen MR) is 104 cm³/mol. The van der Waals surface area contributed by atoms with Crippen LogP contribution in [-0.4, -0.2) is 12.5 Å². The lowest BCUT2D eigenvalue weighted by Crippen LogP contribution is -2.20. The minimum Gasteiger partial charge on any atom is -0.483 e. The van der Waals surface area contributed by atoms with E-state index in [1.54, 1.807) is 0 Å². The standard InChI is InChI=1S/C21H18BrNO2/c22-18-11-5-6-12-19(18)23-21(24)15-25-20-13-7-4-10-17(20)14-16-8-2-1-3-9-16/h1-13H,14-15H2,(H,23,24). The molecule has 3 aromatic rings. The van der Waals surface area contributed by atoms with Crippen molar-refractivity contribution in [1.82, 2.24) is 0 Å². The Balaban J connectivity index is 1.63. The first-order chi connectivity index (χ1) is 12.2. The second-order valence-corrected chi connectivity index (χ2v) is 6.44. The molecule has 3 aromatic carbocycles. The van der Waals surface area contributed by atoms with Gasteiger partial charge in [-0.05, 0) is 45.3 Å². The predicted octanol–water partition coefficient (Wildman–Crippen LogP) is 5.06. The molecule has 0 spiro atoms. The van der Waals surface area contributed by atoms with Crippen LogP contribution in [0, 0.1) is 0 Å². The zero-order valence-electron chi connectivity index (χ0n) is 13.6. The van der Waals surface area contributed by atoms with Crippen LogP contribution in [0.15, 0.2) is 83.3 Å². The topological polar surface area (TPSA) is 38.3 Å². The third-order valence-corrected chi connectivity index (χ3v) is 4.41. The van der Waals surface area contributed by atoms with Crippen LogP contribution >= 0.6 is 15.9 Å². The number of rotatable bonds is 6. The van der Waals surface area contributed by atoms with Crippen molar-refractivity contribution in [2.24, 2.45) is 0 Å². The number of halogens is 1. The molecule has 126 valence electrons. The lowest BCUT2D eigenvalue weighted by Gasteiger charge is -2.12. The van der Waals surface area contributed by atoms with Crippen LogP contribution < -0.4 is 10.1 Å². The van der Waals surface area contributed by atoms with E-state index in [1.165, 1.54) is 5.56 Å². The normalized spacial score (nSPS) is 10.3. The zero-order chi connectivity index (χ0) is 17.5. The van der Waals surface area contributed by atoms with E-state index in [0.717, 1.165) is 27.9 Å². The smallest absolute Gasteiger partial charge is 0.262 e. The molecular weight excluding hydrogens is 378 g/mol. The van der Waals surface area contributed by atoms with Crippen molar-refractivity contribution in [3.63, 3.8) is 0 Å². The number of benzene rings is 3. The first-order valence-electron chi connectivity index (χ1n) is 8.01. The van der Waals surface area contributed by atoms with Gasteiger partial charge in [-0.2, -0.15) is 0 Å². The summed E-state index contributed by atoms with van der Waals surface area (Å²) in [6.07, 6.45) is 0.767. The zero-order valence-corrected chi connectivity index (χ0v) is 15.2. The highest BCUT2D eigenvalue weighted by molar-refractivity contribution is 9.10. The Bertz CT molecular complexity index is 849. The van der Waals surface area contributed by atoms with Gasteiger partial charge in [0.1, 0.15) is 5.75 Å². The lowest BCUT2D eigenvalue weighted by molar-refractivity contribution is -0.118. The molecule has 0 atom stereocenters. The van der Waals surface area contributed by atoms with Crippen molar-refractivity contribution in [2.75, 3.05) is 11.9 Å². The minimum absolute atomic E-state index is 0.0346. The van der Waals surface area contributed by atoms with Crippen molar-refractivity contribution in [2.45, 2.75) is 6.42 Å². The van der Waals surface area contributed by atoms with Crippen molar-refractivity contribution < 1.29 is 9.53 Å². The number of ether oxygens (including phenoxy) is 1. The molecule has 1 amide bonds. The van der Waals surface area contributed by atoms with Crippen molar-refractivity contribution >= 4 is 27.5 Å². The number of hydrogen-bond donors (Lipinski definition) is 1. The molecule has 3 rings (SSSR count). The SMILES string of the molecule is O=C(COc1ccccc1Cc1ccccc1)Nc1ccccc1Br. The number of anilines is 1. The van der Waals surface area contributed by atoms with Gasteiger partial charge in [-0.3, -0.25) is 4.79 Å². The summed E-state index contributed by atoms with van der Waals surface area (Å²) in [5.41, 5.74) is 2.99. The van der Waals surface area contributed by atoms with E-state index in [2.05, 4.69) is 33.4 Å². The maximum atomic E-state index is 12.2. The Morgan fingerprint density at radius 2 is 1.56 bits per heavy atom. The van der Waals surface area contributed by atoms with Crippen LogP contribution in [0.4, 0.5) is 5.69 Å². The van der Waals surface area contributed by atoms with Gasteiger partial charge in [-0.25, -0.2) is 0 Å². The van der Waals surface area contributed by atoms with Gasteiger partial charge < -0.3 is 10.1 Å². The molecule has 0 saturated carbocycles. The third kappa shape index (κ3) is 4.94. The van der Waals surface area contributed by atoms with E-state index in [1.807, 2.05) is 66.7 Å². The summed E-state index contributed by atoms with van der Waals surface area (Å²) in [7, 11) is 0. The molecule has 25 heavy (non-hydrogen) atoms. The molecule has 1 N–H and O–H groups in total. The van der Waals surface area contributed by atoms with Gasteiger partial charge in [-0.1, -0.05) is 60.7 Å². The summed E-state index contributed by atoms with van der Waals surface area (Å²) in [4.78, 5) is 12.2. The molecule has 0 bridgehead atoms. The number of carbonyl (C=O) groups is 1. The molecule has 0 saturated heterocycles. The Morgan fingerprint density at radius 3 is 2.36 bits per heavy atom. The maximum Gasteiger partial charge on any atom is 0.262 e. The molecule has 3 nitrogen and oxygen atoms in total. The average molecular weight is 396 g/mol. The van der Waals surface area contributed by atoms with E-state index < -0.39 is 0 Å². The van der Waals surface area contributed by atoms with Gasteiger partial charge >= 0.3 is 0 Å². The fourth-order valence-electron chi connectivity index (χ4n) is 2.50. The number of hydrogen-bond acceptors (Lipinski definition) is 2. The lowest BCUT2D eigenvalue weighted by atomic mass is 10.0. The Kier molecular flexibility index (Phi) is 5.86. The summed E-state index contributed by atoms with van der Waals surface area (Å²) in [6.45, 7) is -0.0346. The molecule has 0 aliphatic carbocycles. The summed E-state index contributed by atoms with van der Waals surface area (Å²) >= 11 is 3.41. The van der Waals surface area contributed by atoms with E-state index in [0.29, 0.717) is 0 Å². The molecule has 4 heteroatoms. The maximum absolute atomic E-state index is 12.2.